The van der Waals surface area contributed by atoms with E-state index < -0.39 is 0 Å². The maximum atomic E-state index is 13.5. The van der Waals surface area contributed by atoms with Crippen LogP contribution in [0.3, 0.4) is 0 Å². The average molecular weight is 496 g/mol. The third-order valence-electron chi connectivity index (χ3n) is 6.35. The first kappa shape index (κ1) is 26.4. The van der Waals surface area contributed by atoms with E-state index in [-0.39, 0.29) is 5.91 Å². The molecule has 1 amide bonds. The number of nitrogens with zero attached hydrogens (tertiary/aromatic N) is 3. The maximum Gasteiger partial charge on any atom is 0.289 e. The van der Waals surface area contributed by atoms with Crippen molar-refractivity contribution in [3.05, 3.63) is 131 Å². The molecule has 0 aliphatic heterocycles. The van der Waals surface area contributed by atoms with Crippen LogP contribution < -0.4 is 0 Å². The second-order valence-corrected chi connectivity index (χ2v) is 9.90. The first-order valence-corrected chi connectivity index (χ1v) is 12.8. The molecule has 0 fully saturated rings. The molecular formula is C32H37N3O2. The number of hydrogen-bond donors (Lipinski definition) is 0. The number of benzene rings is 3. The summed E-state index contributed by atoms with van der Waals surface area (Å²) in [6.45, 7) is 6.28. The van der Waals surface area contributed by atoms with Gasteiger partial charge in [-0.3, -0.25) is 9.69 Å². The minimum Gasteiger partial charge on any atom is -0.455 e. The molecule has 0 saturated carbocycles. The van der Waals surface area contributed by atoms with Gasteiger partial charge in [-0.25, -0.2) is 0 Å². The second-order valence-electron chi connectivity index (χ2n) is 9.90. The zero-order valence-electron chi connectivity index (χ0n) is 22.1. The molecule has 4 aromatic rings. The van der Waals surface area contributed by atoms with Crippen molar-refractivity contribution >= 4 is 5.91 Å². The third kappa shape index (κ3) is 8.17. The largest absolute Gasteiger partial charge is 0.455 e. The first-order valence-electron chi connectivity index (χ1n) is 12.8. The van der Waals surface area contributed by atoms with Gasteiger partial charge in [0.05, 0.1) is 6.54 Å². The standard InChI is InChI=1S/C32H37N3O2/c1-26-14-16-29(17-15-26)23-34(22-27-10-6-4-7-11-27)25-30-18-19-31(37-30)32(36)35(21-20-33(2)3)24-28-12-8-5-9-13-28/h4-19H,20-25H2,1-3H3. The van der Waals surface area contributed by atoms with Gasteiger partial charge >= 0.3 is 0 Å². The van der Waals surface area contributed by atoms with Gasteiger partial charge in [0, 0.05) is 32.7 Å². The van der Waals surface area contributed by atoms with E-state index in [1.807, 2.05) is 55.4 Å². The number of carbonyl (C=O) groups excluding carboxylic acids is 1. The minimum atomic E-state index is -0.0786. The Labute approximate surface area is 220 Å². The van der Waals surface area contributed by atoms with Crippen LogP contribution in [0.2, 0.25) is 0 Å². The lowest BCUT2D eigenvalue weighted by molar-refractivity contribution is 0.0695. The highest BCUT2D eigenvalue weighted by molar-refractivity contribution is 5.91. The Balaban J connectivity index is 1.49. The topological polar surface area (TPSA) is 39.9 Å². The summed E-state index contributed by atoms with van der Waals surface area (Å²) in [7, 11) is 4.04. The van der Waals surface area contributed by atoms with Crippen LogP contribution in [-0.2, 0) is 26.2 Å². The van der Waals surface area contributed by atoms with Gasteiger partial charge < -0.3 is 14.2 Å². The third-order valence-corrected chi connectivity index (χ3v) is 6.35. The van der Waals surface area contributed by atoms with Crippen LogP contribution in [0.15, 0.2) is 101 Å². The fraction of sp³-hybridized carbons (Fsp3) is 0.281. The van der Waals surface area contributed by atoms with E-state index in [0.717, 1.165) is 31.0 Å². The van der Waals surface area contributed by atoms with E-state index in [2.05, 4.69) is 77.4 Å². The molecule has 0 aliphatic carbocycles. The van der Waals surface area contributed by atoms with Crippen LogP contribution in [0, 0.1) is 6.92 Å². The molecule has 5 nitrogen and oxygen atoms in total. The van der Waals surface area contributed by atoms with Crippen LogP contribution in [0.5, 0.6) is 0 Å². The summed E-state index contributed by atoms with van der Waals surface area (Å²) >= 11 is 0. The van der Waals surface area contributed by atoms with Gasteiger partial charge in [0.25, 0.3) is 5.91 Å². The monoisotopic (exact) mass is 495 g/mol. The fourth-order valence-electron chi connectivity index (χ4n) is 4.29. The van der Waals surface area contributed by atoms with E-state index in [1.54, 1.807) is 0 Å². The van der Waals surface area contributed by atoms with E-state index in [4.69, 9.17) is 4.42 Å². The quantitative estimate of drug-likeness (QED) is 0.242. The van der Waals surface area contributed by atoms with Crippen molar-refractivity contribution < 1.29 is 9.21 Å². The molecule has 0 bridgehead atoms. The molecule has 0 spiro atoms. The van der Waals surface area contributed by atoms with E-state index >= 15 is 0 Å². The highest BCUT2D eigenvalue weighted by Crippen LogP contribution is 2.19. The van der Waals surface area contributed by atoms with Crippen molar-refractivity contribution in [2.75, 3.05) is 27.2 Å². The molecule has 0 unspecified atom stereocenters. The van der Waals surface area contributed by atoms with Crippen molar-refractivity contribution in [3.63, 3.8) is 0 Å². The molecule has 4 rings (SSSR count). The summed E-state index contributed by atoms with van der Waals surface area (Å²) in [5, 5.41) is 0. The van der Waals surface area contributed by atoms with Crippen LogP contribution in [-0.4, -0.2) is 47.8 Å². The number of rotatable bonds is 12. The first-order chi connectivity index (χ1) is 18.0. The zero-order chi connectivity index (χ0) is 26.0. The van der Waals surface area contributed by atoms with Crippen LogP contribution >= 0.6 is 0 Å². The van der Waals surface area contributed by atoms with Gasteiger partial charge in [-0.2, -0.15) is 0 Å². The van der Waals surface area contributed by atoms with Gasteiger partial charge in [0.2, 0.25) is 0 Å². The SMILES string of the molecule is Cc1ccc(CN(Cc2ccccc2)Cc2ccc(C(=O)N(CCN(C)C)Cc3ccccc3)o2)cc1. The predicted octanol–water partition coefficient (Wildman–Crippen LogP) is 5.99. The molecule has 0 atom stereocenters. The van der Waals surface area contributed by atoms with Gasteiger partial charge in [-0.05, 0) is 49.8 Å². The number of carbonyl (C=O) groups is 1. The van der Waals surface area contributed by atoms with E-state index in [0.29, 0.717) is 25.4 Å². The van der Waals surface area contributed by atoms with Crippen LogP contribution in [0.1, 0.15) is 38.6 Å². The summed E-state index contributed by atoms with van der Waals surface area (Å²) in [5.41, 5.74) is 4.85. The lowest BCUT2D eigenvalue weighted by Crippen LogP contribution is -2.36. The van der Waals surface area contributed by atoms with E-state index in [1.165, 1.54) is 16.7 Å². The van der Waals surface area contributed by atoms with Crippen molar-refractivity contribution in [2.24, 2.45) is 0 Å². The molecule has 5 heteroatoms. The van der Waals surface area contributed by atoms with Crippen molar-refractivity contribution in [3.8, 4) is 0 Å². The van der Waals surface area contributed by atoms with Crippen LogP contribution in [0.25, 0.3) is 0 Å². The maximum absolute atomic E-state index is 13.5. The smallest absolute Gasteiger partial charge is 0.289 e. The molecule has 0 aliphatic rings. The summed E-state index contributed by atoms with van der Waals surface area (Å²) in [6.07, 6.45) is 0. The lowest BCUT2D eigenvalue weighted by atomic mass is 10.1. The molecule has 0 N–H and O–H groups in total. The number of furan rings is 1. The minimum absolute atomic E-state index is 0.0786. The lowest BCUT2D eigenvalue weighted by Gasteiger charge is -2.24. The zero-order valence-corrected chi connectivity index (χ0v) is 22.1. The molecule has 37 heavy (non-hydrogen) atoms. The number of hydrogen-bond acceptors (Lipinski definition) is 4. The van der Waals surface area contributed by atoms with Crippen LogP contribution in [0.4, 0.5) is 0 Å². The van der Waals surface area contributed by atoms with Gasteiger partial charge in [-0.1, -0.05) is 90.5 Å². The molecule has 1 heterocycles. The van der Waals surface area contributed by atoms with Crippen molar-refractivity contribution in [1.29, 1.82) is 0 Å². The Morgan fingerprint density at radius 2 is 1.22 bits per heavy atom. The number of aryl methyl sites for hydroxylation is 1. The predicted molar refractivity (Wildman–Crippen MR) is 149 cm³/mol. The summed E-state index contributed by atoms with van der Waals surface area (Å²) in [5.74, 6) is 1.10. The van der Waals surface area contributed by atoms with E-state index in [9.17, 15) is 4.79 Å². The fourth-order valence-corrected chi connectivity index (χ4v) is 4.29. The van der Waals surface area contributed by atoms with Gasteiger partial charge in [0.15, 0.2) is 5.76 Å². The Morgan fingerprint density at radius 1 is 0.649 bits per heavy atom. The molecule has 192 valence electrons. The highest BCUT2D eigenvalue weighted by atomic mass is 16.4. The van der Waals surface area contributed by atoms with Crippen molar-refractivity contribution in [1.82, 2.24) is 14.7 Å². The Bertz CT molecular complexity index is 1230. The Kier molecular flexibility index (Phi) is 9.30. The number of amides is 1. The number of likely N-dealkylation sites (N-methyl/N-ethyl adjacent to an activating group) is 1. The molecule has 0 saturated heterocycles. The second kappa shape index (κ2) is 13.0. The summed E-state index contributed by atoms with van der Waals surface area (Å²) in [6, 6.07) is 33.0. The Hall–Kier alpha value is -3.67. The van der Waals surface area contributed by atoms with Gasteiger partial charge in [-0.15, -0.1) is 0 Å². The molecular weight excluding hydrogens is 458 g/mol. The summed E-state index contributed by atoms with van der Waals surface area (Å²) in [4.78, 5) is 19.8. The van der Waals surface area contributed by atoms with Crippen molar-refractivity contribution in [2.45, 2.75) is 33.1 Å². The van der Waals surface area contributed by atoms with Gasteiger partial charge in [0.1, 0.15) is 5.76 Å². The molecule has 3 aromatic carbocycles. The Morgan fingerprint density at radius 3 is 1.81 bits per heavy atom. The highest BCUT2D eigenvalue weighted by Gasteiger charge is 2.21. The average Bonchev–Trinajstić information content (AvgIpc) is 3.37. The molecule has 0 radical (unpaired) electrons. The normalized spacial score (nSPS) is 11.3. The summed E-state index contributed by atoms with van der Waals surface area (Å²) < 4.78 is 6.15. The molecule has 1 aromatic heterocycles.